The molecule has 2 aliphatic heterocycles. The van der Waals surface area contributed by atoms with Crippen LogP contribution >= 0.6 is 0 Å². The van der Waals surface area contributed by atoms with E-state index in [1.165, 1.54) is 6.07 Å². The molecule has 3 atom stereocenters. The van der Waals surface area contributed by atoms with Crippen LogP contribution in [-0.4, -0.2) is 36.5 Å². The number of nitriles is 1. The lowest BCUT2D eigenvalue weighted by Gasteiger charge is -2.49. The van der Waals surface area contributed by atoms with Gasteiger partial charge in [0.2, 0.25) is 5.91 Å². The summed E-state index contributed by atoms with van der Waals surface area (Å²) in [4.78, 5) is 29.1. The number of piperazine rings is 1. The Bertz CT molecular complexity index is 1340. The van der Waals surface area contributed by atoms with Crippen molar-refractivity contribution < 1.29 is 9.72 Å². The largest absolute Gasteiger partial charge is 0.367 e. The minimum Gasteiger partial charge on any atom is -0.367 e. The number of carbonyl (C=O) groups is 1. The molecule has 1 saturated heterocycles. The van der Waals surface area contributed by atoms with Crippen molar-refractivity contribution >= 4 is 23.0 Å². The first-order chi connectivity index (χ1) is 17.5. The molecular formula is C28H27N5O3. The lowest BCUT2D eigenvalue weighted by atomic mass is 9.82. The number of rotatable bonds is 5. The van der Waals surface area contributed by atoms with Gasteiger partial charge in [0.1, 0.15) is 6.07 Å². The molecule has 1 amide bonds. The maximum absolute atomic E-state index is 13.7. The smallest absolute Gasteiger partial charge is 0.269 e. The highest BCUT2D eigenvalue weighted by atomic mass is 16.6. The number of nitro benzene ring substituents is 1. The predicted octanol–water partition coefficient (Wildman–Crippen LogP) is 4.21. The molecule has 1 fully saturated rings. The Balaban J connectivity index is 1.48. The number of nitro groups is 1. The molecule has 0 aliphatic carbocycles. The molecule has 3 aromatic carbocycles. The van der Waals surface area contributed by atoms with Gasteiger partial charge in [-0.05, 0) is 42.7 Å². The third kappa shape index (κ3) is 4.36. The third-order valence-corrected chi connectivity index (χ3v) is 7.27. The number of fused-ring (bicyclic) bond motifs is 3. The van der Waals surface area contributed by atoms with Crippen molar-refractivity contribution in [2.45, 2.75) is 25.4 Å². The van der Waals surface area contributed by atoms with Crippen molar-refractivity contribution in [3.05, 3.63) is 99.6 Å². The molecule has 0 aromatic heterocycles. The molecule has 2 heterocycles. The van der Waals surface area contributed by atoms with Crippen molar-refractivity contribution in [1.82, 2.24) is 5.32 Å². The minimum absolute atomic E-state index is 0.0330. The average molecular weight is 482 g/mol. The van der Waals surface area contributed by atoms with Crippen LogP contribution < -0.4 is 15.1 Å². The molecule has 3 aromatic rings. The van der Waals surface area contributed by atoms with Crippen LogP contribution in [0.3, 0.4) is 0 Å². The Kier molecular flexibility index (Phi) is 6.30. The fourth-order valence-electron chi connectivity index (χ4n) is 5.43. The number of hydrogen-bond donors (Lipinski definition) is 1. The molecular weight excluding hydrogens is 454 g/mol. The first kappa shape index (κ1) is 23.4. The van der Waals surface area contributed by atoms with Crippen LogP contribution in [0.1, 0.15) is 29.7 Å². The molecule has 2 aliphatic rings. The molecule has 0 radical (unpaired) electrons. The molecule has 5 rings (SSSR count). The zero-order valence-electron chi connectivity index (χ0n) is 20.0. The number of anilines is 2. The monoisotopic (exact) mass is 481 g/mol. The highest BCUT2D eigenvalue weighted by molar-refractivity contribution is 5.83. The highest BCUT2D eigenvalue weighted by Crippen LogP contribution is 2.39. The maximum Gasteiger partial charge on any atom is 0.269 e. The summed E-state index contributed by atoms with van der Waals surface area (Å²) in [6.45, 7) is 3.86. The van der Waals surface area contributed by atoms with Crippen molar-refractivity contribution in [3.63, 3.8) is 0 Å². The number of non-ortho nitro benzene ring substituents is 1. The molecule has 3 unspecified atom stereocenters. The average Bonchev–Trinajstić information content (AvgIpc) is 2.92. The van der Waals surface area contributed by atoms with Crippen molar-refractivity contribution in [2.24, 2.45) is 5.92 Å². The summed E-state index contributed by atoms with van der Waals surface area (Å²) >= 11 is 0. The van der Waals surface area contributed by atoms with E-state index in [2.05, 4.69) is 21.2 Å². The lowest BCUT2D eigenvalue weighted by molar-refractivity contribution is -0.384. The Labute approximate surface area is 209 Å². The second-order valence-corrected chi connectivity index (χ2v) is 9.36. The van der Waals surface area contributed by atoms with E-state index in [0.29, 0.717) is 31.6 Å². The van der Waals surface area contributed by atoms with Crippen LogP contribution in [0.5, 0.6) is 0 Å². The SMILES string of the molecule is CC(NC(=O)C1Cc2cc([N+](=O)[O-])ccc2N2CCN(c3ccccc3C#N)CC12)c1ccccc1. The van der Waals surface area contributed by atoms with Gasteiger partial charge in [0, 0.05) is 37.5 Å². The number of benzene rings is 3. The van der Waals surface area contributed by atoms with Crippen LogP contribution in [0.25, 0.3) is 0 Å². The molecule has 8 nitrogen and oxygen atoms in total. The van der Waals surface area contributed by atoms with E-state index in [0.717, 1.165) is 22.5 Å². The van der Waals surface area contributed by atoms with Crippen LogP contribution in [0.4, 0.5) is 17.1 Å². The van der Waals surface area contributed by atoms with E-state index in [-0.39, 0.29) is 23.7 Å². The Hall–Kier alpha value is -4.38. The van der Waals surface area contributed by atoms with Gasteiger partial charge in [-0.2, -0.15) is 5.26 Å². The van der Waals surface area contributed by atoms with Gasteiger partial charge in [-0.1, -0.05) is 42.5 Å². The summed E-state index contributed by atoms with van der Waals surface area (Å²) in [6, 6.07) is 24.2. The van der Waals surface area contributed by atoms with Gasteiger partial charge in [-0.3, -0.25) is 14.9 Å². The Morgan fingerprint density at radius 2 is 1.83 bits per heavy atom. The molecule has 182 valence electrons. The van der Waals surface area contributed by atoms with Gasteiger partial charge in [0.25, 0.3) is 5.69 Å². The number of nitrogens with zero attached hydrogens (tertiary/aromatic N) is 4. The summed E-state index contributed by atoms with van der Waals surface area (Å²) in [5.41, 5.74) is 4.29. The van der Waals surface area contributed by atoms with Crippen molar-refractivity contribution in [3.8, 4) is 6.07 Å². The zero-order chi connectivity index (χ0) is 25.2. The van der Waals surface area contributed by atoms with E-state index in [9.17, 15) is 20.2 Å². The van der Waals surface area contributed by atoms with Gasteiger partial charge in [-0.25, -0.2) is 0 Å². The molecule has 1 N–H and O–H groups in total. The second-order valence-electron chi connectivity index (χ2n) is 9.36. The summed E-state index contributed by atoms with van der Waals surface area (Å²) in [6.07, 6.45) is 0.416. The molecule has 0 spiro atoms. The molecule has 36 heavy (non-hydrogen) atoms. The molecule has 0 saturated carbocycles. The van der Waals surface area contributed by atoms with Crippen LogP contribution in [-0.2, 0) is 11.2 Å². The fourth-order valence-corrected chi connectivity index (χ4v) is 5.43. The number of nitrogens with one attached hydrogen (secondary N) is 1. The number of hydrogen-bond acceptors (Lipinski definition) is 6. The van der Waals surface area contributed by atoms with Crippen LogP contribution in [0, 0.1) is 27.4 Å². The first-order valence-corrected chi connectivity index (χ1v) is 12.1. The predicted molar refractivity (Wildman–Crippen MR) is 138 cm³/mol. The van der Waals surface area contributed by atoms with Gasteiger partial charge < -0.3 is 15.1 Å². The van der Waals surface area contributed by atoms with E-state index < -0.39 is 10.8 Å². The molecule has 0 bridgehead atoms. The quantitative estimate of drug-likeness (QED) is 0.433. The number of amides is 1. The van der Waals surface area contributed by atoms with E-state index in [4.69, 9.17) is 0 Å². The Morgan fingerprint density at radius 3 is 2.58 bits per heavy atom. The van der Waals surface area contributed by atoms with Gasteiger partial charge in [0.15, 0.2) is 0 Å². The second kappa shape index (κ2) is 9.70. The van der Waals surface area contributed by atoms with E-state index in [1.807, 2.05) is 61.5 Å². The lowest BCUT2D eigenvalue weighted by Crippen LogP contribution is -2.61. The van der Waals surface area contributed by atoms with E-state index in [1.54, 1.807) is 12.1 Å². The van der Waals surface area contributed by atoms with Gasteiger partial charge >= 0.3 is 0 Å². The van der Waals surface area contributed by atoms with Crippen LogP contribution in [0.2, 0.25) is 0 Å². The topological polar surface area (TPSA) is 103 Å². The van der Waals surface area contributed by atoms with Gasteiger partial charge in [-0.15, -0.1) is 0 Å². The van der Waals surface area contributed by atoms with E-state index >= 15 is 0 Å². The fraction of sp³-hybridized carbons (Fsp3) is 0.286. The summed E-state index contributed by atoms with van der Waals surface area (Å²) < 4.78 is 0. The summed E-state index contributed by atoms with van der Waals surface area (Å²) in [5, 5.41) is 24.2. The Morgan fingerprint density at radius 1 is 1.08 bits per heavy atom. The third-order valence-electron chi connectivity index (χ3n) is 7.27. The zero-order valence-corrected chi connectivity index (χ0v) is 20.0. The summed E-state index contributed by atoms with van der Waals surface area (Å²) in [7, 11) is 0. The molecule has 8 heteroatoms. The first-order valence-electron chi connectivity index (χ1n) is 12.1. The van der Waals surface area contributed by atoms with Crippen molar-refractivity contribution in [2.75, 3.05) is 29.4 Å². The standard InChI is InChI=1S/C28H27N5O3/c1-19(20-7-3-2-4-8-20)30-28(34)24-16-22-15-23(33(35)36)11-12-26(22)32-14-13-31(18-27(24)32)25-10-6-5-9-21(25)17-29/h2-12,15,19,24,27H,13-14,16,18H2,1H3,(H,30,34). The highest BCUT2D eigenvalue weighted by Gasteiger charge is 2.42. The number of para-hydroxylation sites is 1. The van der Waals surface area contributed by atoms with Crippen LogP contribution in [0.15, 0.2) is 72.8 Å². The van der Waals surface area contributed by atoms with Gasteiger partial charge in [0.05, 0.1) is 34.2 Å². The van der Waals surface area contributed by atoms with Crippen molar-refractivity contribution in [1.29, 1.82) is 5.26 Å². The summed E-state index contributed by atoms with van der Waals surface area (Å²) in [5.74, 6) is -0.475. The number of carbonyl (C=O) groups excluding carboxylic acids is 1. The maximum atomic E-state index is 13.7. The minimum atomic E-state index is -0.400. The normalized spacial score (nSPS) is 19.4.